The molecule has 0 bridgehead atoms. The maximum absolute atomic E-state index is 11.5. The van der Waals surface area contributed by atoms with Crippen molar-refractivity contribution in [3.8, 4) is 0 Å². The number of esters is 2. The van der Waals surface area contributed by atoms with Crippen molar-refractivity contribution in [2.24, 2.45) is 10.2 Å². The fourth-order valence-corrected chi connectivity index (χ4v) is 4.50. The largest absolute Gasteiger partial charge is 0.466 e. The van der Waals surface area contributed by atoms with Gasteiger partial charge in [-0.05, 0) is 56.7 Å². The predicted molar refractivity (Wildman–Crippen MR) is 138 cm³/mol. The number of aromatic nitrogens is 2. The van der Waals surface area contributed by atoms with Crippen LogP contribution >= 0.6 is 22.7 Å². The van der Waals surface area contributed by atoms with Crippen LogP contribution in [0.3, 0.4) is 0 Å². The molecule has 2 heterocycles. The van der Waals surface area contributed by atoms with E-state index < -0.39 is 11.9 Å². The molecule has 2 fully saturated rings. The fourth-order valence-electron chi connectivity index (χ4n) is 2.57. The van der Waals surface area contributed by atoms with E-state index in [-0.39, 0.29) is 18.8 Å². The van der Waals surface area contributed by atoms with Crippen molar-refractivity contribution in [1.29, 1.82) is 0 Å². The predicted octanol–water partition coefficient (Wildman–Crippen LogP) is 5.93. The van der Waals surface area contributed by atoms with Gasteiger partial charge in [0.1, 0.15) is 12.2 Å². The minimum Gasteiger partial charge on any atom is -0.466 e. The van der Waals surface area contributed by atoms with Crippen molar-refractivity contribution in [1.82, 2.24) is 9.97 Å². The molecule has 0 aromatic carbocycles. The SMILES string of the molecule is CCOC(=O)/C(=C/c1cnc(C2CC2)s1)N=[N+]=[N-].CCOC(=O)CN=[N+]=[N-].O=Cc1cnc(C2CC2)s1. The second kappa shape index (κ2) is 16.1. The first-order valence-electron chi connectivity index (χ1n) is 11.4. The molecule has 13 nitrogen and oxygen atoms in total. The maximum atomic E-state index is 11.5. The number of hydrogen-bond acceptors (Lipinski definition) is 11. The highest BCUT2D eigenvalue weighted by Gasteiger charge is 2.27. The van der Waals surface area contributed by atoms with Crippen molar-refractivity contribution >= 4 is 47.0 Å². The van der Waals surface area contributed by atoms with Gasteiger partial charge in [0.2, 0.25) is 0 Å². The lowest BCUT2D eigenvalue weighted by Gasteiger charge is -1.99. The second-order valence-corrected chi connectivity index (χ2v) is 9.69. The summed E-state index contributed by atoms with van der Waals surface area (Å²) in [5, 5.41) is 8.57. The van der Waals surface area contributed by atoms with E-state index in [0.29, 0.717) is 18.4 Å². The van der Waals surface area contributed by atoms with E-state index >= 15 is 0 Å². The van der Waals surface area contributed by atoms with Gasteiger partial charge < -0.3 is 9.47 Å². The van der Waals surface area contributed by atoms with Gasteiger partial charge in [0.25, 0.3) is 0 Å². The van der Waals surface area contributed by atoms with E-state index in [1.165, 1.54) is 54.4 Å². The Morgan fingerprint density at radius 3 is 2.03 bits per heavy atom. The van der Waals surface area contributed by atoms with Gasteiger partial charge in [0, 0.05) is 38.9 Å². The Morgan fingerprint density at radius 2 is 1.57 bits per heavy atom. The Labute approximate surface area is 220 Å². The first kappa shape index (κ1) is 29.5. The smallest absolute Gasteiger partial charge is 0.340 e. The lowest BCUT2D eigenvalue weighted by molar-refractivity contribution is -0.141. The summed E-state index contributed by atoms with van der Waals surface area (Å²) in [7, 11) is 0. The van der Waals surface area contributed by atoms with Crippen LogP contribution in [0.25, 0.3) is 27.0 Å². The Bertz CT molecular complexity index is 1190. The molecular formula is C22H26N8O5S2. The van der Waals surface area contributed by atoms with E-state index in [4.69, 9.17) is 15.8 Å². The van der Waals surface area contributed by atoms with Gasteiger partial charge in [-0.25, -0.2) is 14.8 Å². The zero-order valence-corrected chi connectivity index (χ0v) is 22.0. The van der Waals surface area contributed by atoms with Crippen LogP contribution in [-0.4, -0.2) is 48.0 Å². The van der Waals surface area contributed by atoms with Crippen LogP contribution in [-0.2, 0) is 19.1 Å². The molecule has 37 heavy (non-hydrogen) atoms. The van der Waals surface area contributed by atoms with E-state index in [0.717, 1.165) is 26.1 Å². The third-order valence-corrected chi connectivity index (χ3v) is 6.73. The highest BCUT2D eigenvalue weighted by atomic mass is 32.1. The quantitative estimate of drug-likeness (QED) is 0.0879. The van der Waals surface area contributed by atoms with Crippen molar-refractivity contribution in [3.63, 3.8) is 0 Å². The number of carbonyl (C=O) groups is 3. The summed E-state index contributed by atoms with van der Waals surface area (Å²) in [4.78, 5) is 47.0. The Balaban J connectivity index is 0.000000214. The number of azide groups is 2. The van der Waals surface area contributed by atoms with Gasteiger partial charge in [-0.3, -0.25) is 9.59 Å². The summed E-state index contributed by atoms with van der Waals surface area (Å²) in [5.74, 6) is 0.147. The number of nitrogens with zero attached hydrogens (tertiary/aromatic N) is 8. The molecule has 0 radical (unpaired) electrons. The monoisotopic (exact) mass is 546 g/mol. The molecule has 0 saturated heterocycles. The lowest BCUT2D eigenvalue weighted by Crippen LogP contribution is -2.06. The van der Waals surface area contributed by atoms with Crippen LogP contribution in [0.1, 0.15) is 75.9 Å². The summed E-state index contributed by atoms with van der Waals surface area (Å²) in [6, 6.07) is 0. The van der Waals surface area contributed by atoms with Gasteiger partial charge in [-0.1, -0.05) is 10.2 Å². The molecule has 2 aromatic rings. The van der Waals surface area contributed by atoms with E-state index in [1.807, 2.05) is 0 Å². The molecule has 0 amide bonds. The summed E-state index contributed by atoms with van der Waals surface area (Å²) in [6.07, 6.45) is 10.6. The zero-order chi connectivity index (χ0) is 27.0. The van der Waals surface area contributed by atoms with Crippen molar-refractivity contribution in [3.05, 3.63) is 58.7 Å². The first-order chi connectivity index (χ1) is 17.9. The van der Waals surface area contributed by atoms with Gasteiger partial charge in [0.15, 0.2) is 6.29 Å². The van der Waals surface area contributed by atoms with Crippen LogP contribution in [0, 0.1) is 0 Å². The number of aldehydes is 1. The minimum absolute atomic E-state index is 0.0367. The van der Waals surface area contributed by atoms with E-state index in [9.17, 15) is 14.4 Å². The molecule has 0 N–H and O–H groups in total. The molecule has 2 saturated carbocycles. The lowest BCUT2D eigenvalue weighted by atomic mass is 10.4. The van der Waals surface area contributed by atoms with Crippen LogP contribution in [0.4, 0.5) is 0 Å². The highest BCUT2D eigenvalue weighted by Crippen LogP contribution is 2.42. The molecular weight excluding hydrogens is 520 g/mol. The molecule has 2 aliphatic carbocycles. The van der Waals surface area contributed by atoms with E-state index in [2.05, 4.69) is 34.8 Å². The number of rotatable bonds is 10. The Morgan fingerprint density at radius 1 is 1.00 bits per heavy atom. The molecule has 2 aromatic heterocycles. The average Bonchev–Trinajstić information content (AvgIpc) is 3.83. The molecule has 2 aliphatic rings. The van der Waals surface area contributed by atoms with Gasteiger partial charge in [-0.15, -0.1) is 22.7 Å². The van der Waals surface area contributed by atoms with Gasteiger partial charge in [0.05, 0.1) is 28.1 Å². The van der Waals surface area contributed by atoms with E-state index in [1.54, 1.807) is 26.2 Å². The molecule has 0 spiro atoms. The maximum Gasteiger partial charge on any atom is 0.340 e. The average molecular weight is 547 g/mol. The molecule has 0 unspecified atom stereocenters. The van der Waals surface area contributed by atoms with Gasteiger partial charge in [-0.2, -0.15) is 0 Å². The third kappa shape index (κ3) is 11.2. The first-order valence-corrected chi connectivity index (χ1v) is 13.1. The topological polar surface area (TPSA) is 193 Å². The molecule has 0 aliphatic heterocycles. The Hall–Kier alpha value is -3.77. The van der Waals surface area contributed by atoms with Crippen LogP contribution < -0.4 is 0 Å². The minimum atomic E-state index is -0.614. The summed E-state index contributed by atoms with van der Waals surface area (Å²) < 4.78 is 9.25. The number of thiazole rings is 2. The molecule has 4 rings (SSSR count). The van der Waals surface area contributed by atoms with Crippen molar-refractivity contribution < 1.29 is 23.9 Å². The van der Waals surface area contributed by atoms with Crippen molar-refractivity contribution in [2.75, 3.05) is 19.8 Å². The Kier molecular flexibility index (Phi) is 12.8. The normalized spacial score (nSPS) is 13.8. The second-order valence-electron chi connectivity index (χ2n) is 7.50. The standard InChI is InChI=1S/C11H12N4O2S.C7H7NOS.C4H7N3O2/c1-2-17-11(16)9(14-15-12)5-8-6-13-10(18-8)7-3-4-7;9-4-6-3-8-7(10-6)5-1-2-5;1-2-9-4(8)3-6-7-5/h5-7H,2-4H2,1H3;3-5H,1-2H2;2-3H2,1H3/b9-5-;;. The highest BCUT2D eigenvalue weighted by molar-refractivity contribution is 7.13. The summed E-state index contributed by atoms with van der Waals surface area (Å²) in [5.41, 5.74) is 16.1. The fraction of sp³-hybridized carbons (Fsp3) is 0.500. The summed E-state index contributed by atoms with van der Waals surface area (Å²) >= 11 is 3.04. The van der Waals surface area contributed by atoms with Crippen LogP contribution in [0.15, 0.2) is 28.3 Å². The van der Waals surface area contributed by atoms with Crippen LogP contribution in [0.2, 0.25) is 0 Å². The van der Waals surface area contributed by atoms with Crippen LogP contribution in [0.5, 0.6) is 0 Å². The number of carbonyl (C=O) groups excluding carboxylic acids is 3. The number of hydrogen-bond donors (Lipinski definition) is 0. The number of ether oxygens (including phenoxy) is 2. The van der Waals surface area contributed by atoms with Crippen molar-refractivity contribution in [2.45, 2.75) is 51.4 Å². The third-order valence-electron chi connectivity index (χ3n) is 4.54. The van der Waals surface area contributed by atoms with Gasteiger partial charge >= 0.3 is 11.9 Å². The zero-order valence-electron chi connectivity index (χ0n) is 20.3. The molecule has 0 atom stereocenters. The molecule has 196 valence electrons. The molecule has 15 heteroatoms. The summed E-state index contributed by atoms with van der Waals surface area (Å²) in [6.45, 7) is 3.73.